The van der Waals surface area contributed by atoms with E-state index in [4.69, 9.17) is 0 Å². The molecular formula is C11H21NO. The van der Waals surface area contributed by atoms with Crippen LogP contribution in [-0.2, 0) is 0 Å². The zero-order valence-electron chi connectivity index (χ0n) is 9.01. The van der Waals surface area contributed by atoms with Gasteiger partial charge in [-0.05, 0) is 46.7 Å². The van der Waals surface area contributed by atoms with Gasteiger partial charge in [-0.3, -0.25) is 4.90 Å². The van der Waals surface area contributed by atoms with Crippen LogP contribution in [0.25, 0.3) is 0 Å². The van der Waals surface area contributed by atoms with Crippen molar-refractivity contribution in [1.82, 2.24) is 4.90 Å². The van der Waals surface area contributed by atoms with Crippen molar-refractivity contribution in [3.63, 3.8) is 0 Å². The fourth-order valence-electron chi connectivity index (χ4n) is 1.88. The fraction of sp³-hybridized carbons (Fsp3) is 0.818. The number of aliphatic hydroxyl groups excluding tert-OH is 1. The number of aliphatic hydroxyl groups is 1. The molecule has 2 nitrogen and oxygen atoms in total. The molecule has 0 spiro atoms. The highest BCUT2D eigenvalue weighted by Crippen LogP contribution is 2.26. The second kappa shape index (κ2) is 3.70. The molecule has 76 valence electrons. The molecule has 1 saturated heterocycles. The third-order valence-electron chi connectivity index (χ3n) is 2.91. The van der Waals surface area contributed by atoms with Crippen molar-refractivity contribution in [2.24, 2.45) is 5.92 Å². The minimum Gasteiger partial charge on any atom is -0.513 e. The number of likely N-dealkylation sites (tertiary alicyclic amines) is 1. The Morgan fingerprint density at radius 3 is 2.08 bits per heavy atom. The number of hydrogen-bond acceptors (Lipinski definition) is 2. The molecule has 13 heavy (non-hydrogen) atoms. The van der Waals surface area contributed by atoms with Gasteiger partial charge in [0.1, 0.15) is 0 Å². The zero-order valence-corrected chi connectivity index (χ0v) is 9.01. The molecule has 1 aliphatic heterocycles. The Morgan fingerprint density at radius 2 is 1.77 bits per heavy atom. The first kappa shape index (κ1) is 10.6. The maximum Gasteiger partial charge on any atom is 0.0882 e. The summed E-state index contributed by atoms with van der Waals surface area (Å²) < 4.78 is 0. The summed E-state index contributed by atoms with van der Waals surface area (Å²) in [6, 6.07) is 0. The van der Waals surface area contributed by atoms with Gasteiger partial charge in [-0.15, -0.1) is 0 Å². The molecule has 1 N–H and O–H groups in total. The van der Waals surface area contributed by atoms with Gasteiger partial charge in [0.2, 0.25) is 0 Å². The highest BCUT2D eigenvalue weighted by Gasteiger charge is 2.27. The summed E-state index contributed by atoms with van der Waals surface area (Å²) in [7, 11) is 0. The van der Waals surface area contributed by atoms with Crippen molar-refractivity contribution in [3.8, 4) is 0 Å². The van der Waals surface area contributed by atoms with Gasteiger partial charge in [-0.2, -0.15) is 0 Å². The van der Waals surface area contributed by atoms with Crippen LogP contribution >= 0.6 is 0 Å². The van der Waals surface area contributed by atoms with Crippen molar-refractivity contribution in [1.29, 1.82) is 0 Å². The number of hydrogen-bond donors (Lipinski definition) is 1. The third kappa shape index (κ3) is 2.73. The molecule has 0 aromatic carbocycles. The molecule has 1 aliphatic rings. The molecule has 0 amide bonds. The summed E-state index contributed by atoms with van der Waals surface area (Å²) in [4.78, 5) is 2.46. The molecule has 0 bridgehead atoms. The van der Waals surface area contributed by atoms with E-state index in [1.165, 1.54) is 0 Å². The number of nitrogens with zero attached hydrogens (tertiary/aromatic N) is 1. The van der Waals surface area contributed by atoms with Gasteiger partial charge in [-0.1, -0.05) is 6.58 Å². The quantitative estimate of drug-likeness (QED) is 0.632. The summed E-state index contributed by atoms with van der Waals surface area (Å²) in [6.07, 6.45) is 2.10. The van der Waals surface area contributed by atoms with Gasteiger partial charge in [0.15, 0.2) is 0 Å². The first-order valence-corrected chi connectivity index (χ1v) is 5.04. The number of rotatable bonds is 1. The second-order valence-corrected chi connectivity index (χ2v) is 4.92. The Morgan fingerprint density at radius 1 is 1.31 bits per heavy atom. The molecule has 0 saturated carbocycles. The molecular weight excluding hydrogens is 162 g/mol. The van der Waals surface area contributed by atoms with E-state index in [1.54, 1.807) is 0 Å². The second-order valence-electron chi connectivity index (χ2n) is 4.92. The average Bonchev–Trinajstić information content (AvgIpc) is 2.03. The van der Waals surface area contributed by atoms with Crippen molar-refractivity contribution in [2.45, 2.75) is 39.2 Å². The smallest absolute Gasteiger partial charge is 0.0882 e. The van der Waals surface area contributed by atoms with Crippen LogP contribution in [0.15, 0.2) is 12.3 Å². The van der Waals surface area contributed by atoms with Crippen LogP contribution in [0.4, 0.5) is 0 Å². The van der Waals surface area contributed by atoms with E-state index >= 15 is 0 Å². The first-order valence-electron chi connectivity index (χ1n) is 5.04. The monoisotopic (exact) mass is 183 g/mol. The highest BCUT2D eigenvalue weighted by atomic mass is 16.3. The molecule has 1 heterocycles. The van der Waals surface area contributed by atoms with Gasteiger partial charge < -0.3 is 5.11 Å². The van der Waals surface area contributed by atoms with E-state index in [9.17, 15) is 5.11 Å². The summed E-state index contributed by atoms with van der Waals surface area (Å²) in [5.74, 6) is 0.701. The lowest BCUT2D eigenvalue weighted by atomic mass is 9.92. The predicted octanol–water partition coefficient (Wildman–Crippen LogP) is 2.57. The van der Waals surface area contributed by atoms with E-state index in [-0.39, 0.29) is 5.54 Å². The van der Waals surface area contributed by atoms with Gasteiger partial charge in [0, 0.05) is 11.5 Å². The Bertz CT molecular complexity index is 185. The van der Waals surface area contributed by atoms with Crippen LogP contribution in [0, 0.1) is 5.92 Å². The van der Waals surface area contributed by atoms with E-state index in [2.05, 4.69) is 32.3 Å². The van der Waals surface area contributed by atoms with Gasteiger partial charge >= 0.3 is 0 Å². The molecule has 1 fully saturated rings. The minimum atomic E-state index is 0.266. The third-order valence-corrected chi connectivity index (χ3v) is 2.91. The molecule has 0 aromatic rings. The van der Waals surface area contributed by atoms with E-state index in [0.717, 1.165) is 25.9 Å². The maximum absolute atomic E-state index is 9.25. The van der Waals surface area contributed by atoms with Crippen LogP contribution in [0.2, 0.25) is 0 Å². The Labute approximate surface area is 81.2 Å². The normalized spacial score (nSPS) is 21.8. The van der Waals surface area contributed by atoms with Crippen LogP contribution < -0.4 is 0 Å². The lowest BCUT2D eigenvalue weighted by Gasteiger charge is -2.40. The number of allylic oxidation sites excluding steroid dienone is 1. The summed E-state index contributed by atoms with van der Waals surface area (Å²) in [6.45, 7) is 12.5. The van der Waals surface area contributed by atoms with Crippen LogP contribution in [0.5, 0.6) is 0 Å². The summed E-state index contributed by atoms with van der Waals surface area (Å²) in [5.41, 5.74) is 0.266. The van der Waals surface area contributed by atoms with Crippen LogP contribution in [-0.4, -0.2) is 28.6 Å². The van der Waals surface area contributed by atoms with Crippen molar-refractivity contribution < 1.29 is 5.11 Å². The van der Waals surface area contributed by atoms with E-state index in [0.29, 0.717) is 11.7 Å². The Balaban J connectivity index is 2.44. The number of piperidine rings is 1. The van der Waals surface area contributed by atoms with E-state index < -0.39 is 0 Å². The van der Waals surface area contributed by atoms with Crippen molar-refractivity contribution in [3.05, 3.63) is 12.3 Å². The SMILES string of the molecule is C=C(O)C1CCN(C(C)(C)C)CC1. The van der Waals surface area contributed by atoms with Crippen LogP contribution in [0.1, 0.15) is 33.6 Å². The van der Waals surface area contributed by atoms with Gasteiger partial charge in [0.25, 0.3) is 0 Å². The fourth-order valence-corrected chi connectivity index (χ4v) is 1.88. The summed E-state index contributed by atoms with van der Waals surface area (Å²) in [5, 5.41) is 9.25. The van der Waals surface area contributed by atoms with Crippen molar-refractivity contribution in [2.75, 3.05) is 13.1 Å². The molecule has 0 atom stereocenters. The minimum absolute atomic E-state index is 0.266. The lowest BCUT2D eigenvalue weighted by Crippen LogP contribution is -2.46. The molecule has 2 heteroatoms. The molecule has 1 rings (SSSR count). The molecule has 0 unspecified atom stereocenters. The molecule has 0 radical (unpaired) electrons. The lowest BCUT2D eigenvalue weighted by molar-refractivity contribution is 0.0853. The van der Waals surface area contributed by atoms with Gasteiger partial charge in [0.05, 0.1) is 5.76 Å². The molecule has 0 aromatic heterocycles. The Kier molecular flexibility index (Phi) is 3.01. The predicted molar refractivity (Wildman–Crippen MR) is 55.8 cm³/mol. The summed E-state index contributed by atoms with van der Waals surface area (Å²) >= 11 is 0. The van der Waals surface area contributed by atoms with Crippen molar-refractivity contribution >= 4 is 0 Å². The topological polar surface area (TPSA) is 23.5 Å². The zero-order chi connectivity index (χ0) is 10.1. The highest BCUT2D eigenvalue weighted by molar-refractivity contribution is 4.93. The Hall–Kier alpha value is -0.500. The maximum atomic E-state index is 9.25. The average molecular weight is 183 g/mol. The van der Waals surface area contributed by atoms with Crippen LogP contribution in [0.3, 0.4) is 0 Å². The van der Waals surface area contributed by atoms with Gasteiger partial charge in [-0.25, -0.2) is 0 Å². The molecule has 0 aliphatic carbocycles. The first-order chi connectivity index (χ1) is 5.91. The largest absolute Gasteiger partial charge is 0.513 e. The van der Waals surface area contributed by atoms with E-state index in [1.807, 2.05) is 0 Å². The standard InChI is InChI=1S/C11H21NO/c1-9(13)10-5-7-12(8-6-10)11(2,3)4/h10,13H,1,5-8H2,2-4H3.